The minimum Gasteiger partial charge on any atom is -0.409 e. The normalized spacial score (nSPS) is 11.3. The van der Waals surface area contributed by atoms with Gasteiger partial charge in [0.2, 0.25) is 5.91 Å². The van der Waals surface area contributed by atoms with Gasteiger partial charge in [-0.25, -0.2) is 0 Å². The molecule has 0 saturated carbocycles. The molecule has 0 aliphatic carbocycles. The lowest BCUT2D eigenvalue weighted by Crippen LogP contribution is -2.32. The summed E-state index contributed by atoms with van der Waals surface area (Å²) in [6.07, 6.45) is 1.27. The molecule has 0 aromatic heterocycles. The van der Waals surface area contributed by atoms with Crippen LogP contribution in [0, 0.1) is 0 Å². The van der Waals surface area contributed by atoms with Crippen LogP contribution in [0.15, 0.2) is 5.16 Å². The summed E-state index contributed by atoms with van der Waals surface area (Å²) < 4.78 is 0. The molecule has 5 N–H and O–H groups in total. The van der Waals surface area contributed by atoms with Crippen LogP contribution >= 0.6 is 0 Å². The summed E-state index contributed by atoms with van der Waals surface area (Å²) in [5, 5.41) is 16.4. The maximum atomic E-state index is 10.7. The standard InChI is InChI=1S/C7H16N4O2/c1-9-7(12)5-10-4-2-3-6(8)11-13/h10,13H,2-5H2,1H3,(H2,8,11)(H,9,12). The summed E-state index contributed by atoms with van der Waals surface area (Å²) in [5.41, 5.74) is 5.23. The highest BCUT2D eigenvalue weighted by Crippen LogP contribution is 1.85. The van der Waals surface area contributed by atoms with Crippen LogP contribution < -0.4 is 16.4 Å². The minimum atomic E-state index is -0.0520. The molecule has 13 heavy (non-hydrogen) atoms. The molecule has 0 aliphatic rings. The first-order valence-corrected chi connectivity index (χ1v) is 4.08. The number of amides is 1. The number of nitrogens with one attached hydrogen (secondary N) is 2. The molecule has 0 unspecified atom stereocenters. The van der Waals surface area contributed by atoms with Gasteiger partial charge in [-0.3, -0.25) is 4.79 Å². The molecule has 6 heteroatoms. The molecule has 0 bridgehead atoms. The zero-order chi connectivity index (χ0) is 10.1. The van der Waals surface area contributed by atoms with E-state index in [4.69, 9.17) is 10.9 Å². The van der Waals surface area contributed by atoms with Crippen molar-refractivity contribution in [2.24, 2.45) is 10.9 Å². The Hall–Kier alpha value is -1.30. The largest absolute Gasteiger partial charge is 0.409 e. The van der Waals surface area contributed by atoms with E-state index in [-0.39, 0.29) is 11.7 Å². The van der Waals surface area contributed by atoms with E-state index in [1.165, 1.54) is 0 Å². The Kier molecular flexibility index (Phi) is 6.62. The van der Waals surface area contributed by atoms with Crippen molar-refractivity contribution in [3.05, 3.63) is 0 Å². The molecule has 0 spiro atoms. The van der Waals surface area contributed by atoms with Crippen molar-refractivity contribution < 1.29 is 10.0 Å². The van der Waals surface area contributed by atoms with Gasteiger partial charge in [-0.2, -0.15) is 0 Å². The Morgan fingerprint density at radius 3 is 2.85 bits per heavy atom. The molecule has 0 aromatic carbocycles. The Bertz CT molecular complexity index is 181. The molecular formula is C7H16N4O2. The van der Waals surface area contributed by atoms with Crippen LogP contribution in [0.5, 0.6) is 0 Å². The van der Waals surface area contributed by atoms with Gasteiger partial charge in [0.15, 0.2) is 0 Å². The van der Waals surface area contributed by atoms with Gasteiger partial charge in [0.1, 0.15) is 5.84 Å². The minimum absolute atomic E-state index is 0.0520. The van der Waals surface area contributed by atoms with Crippen molar-refractivity contribution in [3.63, 3.8) is 0 Å². The Balaban J connectivity index is 3.22. The SMILES string of the molecule is CNC(=O)CNCCCC(N)=NO. The zero-order valence-electron chi connectivity index (χ0n) is 7.71. The van der Waals surface area contributed by atoms with E-state index in [0.29, 0.717) is 19.5 Å². The number of carbonyl (C=O) groups is 1. The Morgan fingerprint density at radius 2 is 2.31 bits per heavy atom. The van der Waals surface area contributed by atoms with Gasteiger partial charge in [0.05, 0.1) is 6.54 Å². The number of carbonyl (C=O) groups excluding carboxylic acids is 1. The second-order valence-electron chi connectivity index (χ2n) is 2.54. The summed E-state index contributed by atoms with van der Waals surface area (Å²) >= 11 is 0. The zero-order valence-corrected chi connectivity index (χ0v) is 7.71. The highest BCUT2D eigenvalue weighted by atomic mass is 16.4. The third kappa shape index (κ3) is 7.07. The second-order valence-corrected chi connectivity index (χ2v) is 2.54. The summed E-state index contributed by atoms with van der Waals surface area (Å²) in [4.78, 5) is 10.7. The van der Waals surface area contributed by atoms with Crippen LogP contribution in [0.2, 0.25) is 0 Å². The number of nitrogens with zero attached hydrogens (tertiary/aromatic N) is 1. The van der Waals surface area contributed by atoms with E-state index < -0.39 is 0 Å². The van der Waals surface area contributed by atoms with E-state index in [1.54, 1.807) is 7.05 Å². The van der Waals surface area contributed by atoms with Crippen molar-refractivity contribution >= 4 is 11.7 Å². The number of amidine groups is 1. The van der Waals surface area contributed by atoms with Crippen LogP contribution in [-0.4, -0.2) is 37.1 Å². The molecule has 6 nitrogen and oxygen atoms in total. The third-order valence-electron chi connectivity index (χ3n) is 1.48. The van der Waals surface area contributed by atoms with Gasteiger partial charge in [0, 0.05) is 13.5 Å². The predicted octanol–water partition coefficient (Wildman–Crippen LogP) is -1.15. The number of oxime groups is 1. The molecule has 0 saturated heterocycles. The monoisotopic (exact) mass is 188 g/mol. The van der Waals surface area contributed by atoms with Crippen LogP contribution in [0.3, 0.4) is 0 Å². The van der Waals surface area contributed by atoms with Gasteiger partial charge in [-0.05, 0) is 13.0 Å². The molecule has 76 valence electrons. The number of nitrogens with two attached hydrogens (primary N) is 1. The average molecular weight is 188 g/mol. The smallest absolute Gasteiger partial charge is 0.233 e. The topological polar surface area (TPSA) is 99.7 Å². The first-order chi connectivity index (χ1) is 6.20. The van der Waals surface area contributed by atoms with E-state index in [1.807, 2.05) is 0 Å². The predicted molar refractivity (Wildman–Crippen MR) is 49.6 cm³/mol. The van der Waals surface area contributed by atoms with Gasteiger partial charge in [-0.1, -0.05) is 5.16 Å². The van der Waals surface area contributed by atoms with E-state index in [0.717, 1.165) is 6.42 Å². The third-order valence-corrected chi connectivity index (χ3v) is 1.48. The maximum absolute atomic E-state index is 10.7. The fourth-order valence-electron chi connectivity index (χ4n) is 0.735. The van der Waals surface area contributed by atoms with Crippen molar-refractivity contribution in [1.82, 2.24) is 10.6 Å². The fourth-order valence-corrected chi connectivity index (χ4v) is 0.735. The van der Waals surface area contributed by atoms with Gasteiger partial charge < -0.3 is 21.6 Å². The van der Waals surface area contributed by atoms with Crippen LogP contribution in [0.25, 0.3) is 0 Å². The van der Waals surface area contributed by atoms with Crippen LogP contribution in [0.4, 0.5) is 0 Å². The lowest BCUT2D eigenvalue weighted by molar-refractivity contribution is -0.119. The first-order valence-electron chi connectivity index (χ1n) is 4.08. The number of hydrogen-bond acceptors (Lipinski definition) is 4. The average Bonchev–Trinajstić information content (AvgIpc) is 2.16. The van der Waals surface area contributed by atoms with Crippen LogP contribution in [0.1, 0.15) is 12.8 Å². The number of rotatable bonds is 6. The van der Waals surface area contributed by atoms with Crippen molar-refractivity contribution in [2.45, 2.75) is 12.8 Å². The molecule has 0 aromatic rings. The summed E-state index contributed by atoms with van der Waals surface area (Å²) in [5.74, 6) is 0.158. The van der Waals surface area contributed by atoms with Crippen molar-refractivity contribution in [1.29, 1.82) is 0 Å². The summed E-state index contributed by atoms with van der Waals surface area (Å²) in [6, 6.07) is 0. The quantitative estimate of drug-likeness (QED) is 0.139. The van der Waals surface area contributed by atoms with E-state index in [2.05, 4.69) is 15.8 Å². The molecule has 0 fully saturated rings. The van der Waals surface area contributed by atoms with Gasteiger partial charge >= 0.3 is 0 Å². The summed E-state index contributed by atoms with van der Waals surface area (Å²) in [6.45, 7) is 0.969. The Labute approximate surface area is 77.2 Å². The van der Waals surface area contributed by atoms with Gasteiger partial charge in [0.25, 0.3) is 0 Å². The van der Waals surface area contributed by atoms with Crippen LogP contribution in [-0.2, 0) is 4.79 Å². The molecule has 0 aliphatic heterocycles. The molecule has 0 heterocycles. The maximum Gasteiger partial charge on any atom is 0.233 e. The van der Waals surface area contributed by atoms with Crippen molar-refractivity contribution in [2.75, 3.05) is 20.1 Å². The van der Waals surface area contributed by atoms with E-state index in [9.17, 15) is 4.79 Å². The van der Waals surface area contributed by atoms with Gasteiger partial charge in [-0.15, -0.1) is 0 Å². The molecule has 0 radical (unpaired) electrons. The lowest BCUT2D eigenvalue weighted by Gasteiger charge is -2.02. The van der Waals surface area contributed by atoms with Crippen molar-refractivity contribution in [3.8, 4) is 0 Å². The molecule has 0 atom stereocenters. The second kappa shape index (κ2) is 7.35. The Morgan fingerprint density at radius 1 is 1.62 bits per heavy atom. The molecule has 0 rings (SSSR count). The number of hydrogen-bond donors (Lipinski definition) is 4. The fraction of sp³-hybridized carbons (Fsp3) is 0.714. The van der Waals surface area contributed by atoms with E-state index >= 15 is 0 Å². The highest BCUT2D eigenvalue weighted by Gasteiger charge is 1.96. The molecular weight excluding hydrogens is 172 g/mol. The lowest BCUT2D eigenvalue weighted by atomic mass is 10.3. The first kappa shape index (κ1) is 11.7. The molecule has 1 amide bonds. The summed E-state index contributed by atoms with van der Waals surface area (Å²) in [7, 11) is 1.58. The number of likely N-dealkylation sites (N-methyl/N-ethyl adjacent to an activating group) is 1. The highest BCUT2D eigenvalue weighted by molar-refractivity contribution is 5.79.